The van der Waals surface area contributed by atoms with E-state index in [9.17, 15) is 0 Å². The molecular formula is C14H21ClN2O. The molecule has 1 aliphatic rings. The van der Waals surface area contributed by atoms with Gasteiger partial charge < -0.3 is 15.0 Å². The molecule has 1 aliphatic heterocycles. The standard InChI is InChI=1S/C14H21ClN2O/c1-14(2)6-8-17(9-7-16-14)11-4-5-13(18-3)12(15)10-11/h4-5,10,16H,6-9H2,1-3H3. The van der Waals surface area contributed by atoms with Gasteiger partial charge in [-0.3, -0.25) is 0 Å². The van der Waals surface area contributed by atoms with E-state index in [0.717, 1.165) is 31.8 Å². The highest BCUT2D eigenvalue weighted by molar-refractivity contribution is 6.32. The summed E-state index contributed by atoms with van der Waals surface area (Å²) in [5.74, 6) is 0.730. The van der Waals surface area contributed by atoms with Crippen LogP contribution in [0.2, 0.25) is 5.02 Å². The lowest BCUT2D eigenvalue weighted by Crippen LogP contribution is -2.39. The van der Waals surface area contributed by atoms with Crippen LogP contribution in [-0.2, 0) is 0 Å². The van der Waals surface area contributed by atoms with Crippen LogP contribution < -0.4 is 15.0 Å². The smallest absolute Gasteiger partial charge is 0.137 e. The number of anilines is 1. The molecule has 0 aliphatic carbocycles. The van der Waals surface area contributed by atoms with E-state index in [1.807, 2.05) is 12.1 Å². The Kier molecular flexibility index (Phi) is 4.03. The van der Waals surface area contributed by atoms with Crippen molar-refractivity contribution < 1.29 is 4.74 Å². The summed E-state index contributed by atoms with van der Waals surface area (Å²) in [6, 6.07) is 5.99. The maximum atomic E-state index is 6.18. The zero-order valence-electron chi connectivity index (χ0n) is 11.3. The van der Waals surface area contributed by atoms with Gasteiger partial charge in [-0.15, -0.1) is 0 Å². The lowest BCUT2D eigenvalue weighted by atomic mass is 10.0. The summed E-state index contributed by atoms with van der Waals surface area (Å²) in [5, 5.41) is 4.23. The van der Waals surface area contributed by atoms with Crippen LogP contribution in [0.4, 0.5) is 5.69 Å². The molecule has 1 saturated heterocycles. The Hall–Kier alpha value is -0.930. The second kappa shape index (κ2) is 5.37. The fourth-order valence-corrected chi connectivity index (χ4v) is 2.51. The maximum Gasteiger partial charge on any atom is 0.137 e. The van der Waals surface area contributed by atoms with Gasteiger partial charge in [0.15, 0.2) is 0 Å². The van der Waals surface area contributed by atoms with E-state index < -0.39 is 0 Å². The Labute approximate surface area is 114 Å². The van der Waals surface area contributed by atoms with Crippen molar-refractivity contribution in [1.82, 2.24) is 5.32 Å². The largest absolute Gasteiger partial charge is 0.495 e. The number of hydrogen-bond donors (Lipinski definition) is 1. The third-order valence-electron chi connectivity index (χ3n) is 3.49. The van der Waals surface area contributed by atoms with Gasteiger partial charge in [-0.25, -0.2) is 0 Å². The van der Waals surface area contributed by atoms with Gasteiger partial charge in [0.05, 0.1) is 12.1 Å². The van der Waals surface area contributed by atoms with Crippen molar-refractivity contribution in [2.24, 2.45) is 0 Å². The number of halogens is 1. The summed E-state index contributed by atoms with van der Waals surface area (Å²) >= 11 is 6.18. The fraction of sp³-hybridized carbons (Fsp3) is 0.571. The summed E-state index contributed by atoms with van der Waals surface area (Å²) in [4.78, 5) is 2.37. The molecule has 0 bridgehead atoms. The average molecular weight is 269 g/mol. The Balaban J connectivity index is 2.14. The van der Waals surface area contributed by atoms with Gasteiger partial charge in [0.2, 0.25) is 0 Å². The van der Waals surface area contributed by atoms with Gasteiger partial charge in [-0.05, 0) is 38.5 Å². The van der Waals surface area contributed by atoms with Crippen molar-refractivity contribution in [3.05, 3.63) is 23.2 Å². The lowest BCUT2D eigenvalue weighted by molar-refractivity contribution is 0.394. The average Bonchev–Trinajstić information content (AvgIpc) is 2.50. The molecule has 100 valence electrons. The van der Waals surface area contributed by atoms with Crippen LogP contribution >= 0.6 is 11.6 Å². The fourth-order valence-electron chi connectivity index (χ4n) is 2.25. The van der Waals surface area contributed by atoms with E-state index in [0.29, 0.717) is 5.02 Å². The molecule has 1 aromatic rings. The van der Waals surface area contributed by atoms with Crippen LogP contribution in [0.1, 0.15) is 20.3 Å². The number of nitrogens with zero attached hydrogens (tertiary/aromatic N) is 1. The van der Waals surface area contributed by atoms with Gasteiger partial charge >= 0.3 is 0 Å². The number of benzene rings is 1. The minimum Gasteiger partial charge on any atom is -0.495 e. The Morgan fingerprint density at radius 3 is 2.78 bits per heavy atom. The second-order valence-electron chi connectivity index (χ2n) is 5.37. The summed E-state index contributed by atoms with van der Waals surface area (Å²) in [7, 11) is 1.64. The molecule has 0 saturated carbocycles. The van der Waals surface area contributed by atoms with Gasteiger partial charge in [0.1, 0.15) is 5.75 Å². The van der Waals surface area contributed by atoms with E-state index in [2.05, 4.69) is 30.1 Å². The summed E-state index contributed by atoms with van der Waals surface area (Å²) in [5.41, 5.74) is 1.38. The molecule has 18 heavy (non-hydrogen) atoms. The van der Waals surface area contributed by atoms with Gasteiger partial charge in [0.25, 0.3) is 0 Å². The highest BCUT2D eigenvalue weighted by atomic mass is 35.5. The minimum absolute atomic E-state index is 0.213. The van der Waals surface area contributed by atoms with Crippen molar-refractivity contribution in [2.75, 3.05) is 31.6 Å². The van der Waals surface area contributed by atoms with Crippen LogP contribution in [-0.4, -0.2) is 32.3 Å². The van der Waals surface area contributed by atoms with Gasteiger partial charge in [-0.1, -0.05) is 11.6 Å². The minimum atomic E-state index is 0.213. The van der Waals surface area contributed by atoms with E-state index in [1.165, 1.54) is 5.69 Å². The second-order valence-corrected chi connectivity index (χ2v) is 5.77. The maximum absolute atomic E-state index is 6.18. The quantitative estimate of drug-likeness (QED) is 0.893. The highest BCUT2D eigenvalue weighted by Crippen LogP contribution is 2.30. The summed E-state index contributed by atoms with van der Waals surface area (Å²) < 4.78 is 5.18. The molecule has 0 atom stereocenters. The van der Waals surface area contributed by atoms with Crippen LogP contribution in [0.15, 0.2) is 18.2 Å². The molecule has 2 rings (SSSR count). The molecule has 0 amide bonds. The first-order valence-corrected chi connectivity index (χ1v) is 6.73. The first-order chi connectivity index (χ1) is 8.52. The highest BCUT2D eigenvalue weighted by Gasteiger charge is 2.22. The normalized spacial score (nSPS) is 19.4. The Morgan fingerprint density at radius 1 is 1.33 bits per heavy atom. The van der Waals surface area contributed by atoms with Crippen molar-refractivity contribution in [3.8, 4) is 5.75 Å². The third kappa shape index (κ3) is 3.09. The monoisotopic (exact) mass is 268 g/mol. The Bertz CT molecular complexity index is 420. The van der Waals surface area contributed by atoms with Crippen molar-refractivity contribution in [2.45, 2.75) is 25.8 Å². The molecule has 0 aromatic heterocycles. The molecule has 1 N–H and O–H groups in total. The molecule has 1 heterocycles. The zero-order chi connectivity index (χ0) is 13.2. The topological polar surface area (TPSA) is 24.5 Å². The van der Waals surface area contributed by atoms with E-state index >= 15 is 0 Å². The molecular weight excluding hydrogens is 248 g/mol. The molecule has 4 heteroatoms. The SMILES string of the molecule is COc1ccc(N2CCNC(C)(C)CC2)cc1Cl. The van der Waals surface area contributed by atoms with Crippen LogP contribution in [0.5, 0.6) is 5.75 Å². The van der Waals surface area contributed by atoms with E-state index in [4.69, 9.17) is 16.3 Å². The van der Waals surface area contributed by atoms with Crippen LogP contribution in [0.3, 0.4) is 0 Å². The van der Waals surface area contributed by atoms with Crippen molar-refractivity contribution in [3.63, 3.8) is 0 Å². The number of rotatable bonds is 2. The third-order valence-corrected chi connectivity index (χ3v) is 3.79. The number of methoxy groups -OCH3 is 1. The first-order valence-electron chi connectivity index (χ1n) is 6.35. The predicted octanol–water partition coefficient (Wildman–Crippen LogP) is 2.93. The predicted molar refractivity (Wildman–Crippen MR) is 76.9 cm³/mol. The molecule has 1 fully saturated rings. The van der Waals surface area contributed by atoms with Gasteiger partial charge in [0, 0.05) is 30.9 Å². The number of nitrogens with one attached hydrogen (secondary N) is 1. The Morgan fingerprint density at radius 2 is 2.11 bits per heavy atom. The number of hydrogen-bond acceptors (Lipinski definition) is 3. The summed E-state index contributed by atoms with van der Waals surface area (Å²) in [6.45, 7) is 7.54. The molecule has 0 radical (unpaired) electrons. The lowest BCUT2D eigenvalue weighted by Gasteiger charge is -2.25. The van der Waals surface area contributed by atoms with Crippen molar-refractivity contribution >= 4 is 17.3 Å². The zero-order valence-corrected chi connectivity index (χ0v) is 12.0. The van der Waals surface area contributed by atoms with Gasteiger partial charge in [-0.2, -0.15) is 0 Å². The first kappa shape index (κ1) is 13.5. The number of ether oxygens (including phenoxy) is 1. The van der Waals surface area contributed by atoms with Crippen molar-refractivity contribution in [1.29, 1.82) is 0 Å². The van der Waals surface area contributed by atoms with Crippen LogP contribution in [0.25, 0.3) is 0 Å². The van der Waals surface area contributed by atoms with E-state index in [-0.39, 0.29) is 5.54 Å². The molecule has 1 aromatic carbocycles. The molecule has 0 spiro atoms. The molecule has 3 nitrogen and oxygen atoms in total. The van der Waals surface area contributed by atoms with Crippen LogP contribution in [0, 0.1) is 0 Å². The molecule has 0 unspecified atom stereocenters. The van der Waals surface area contributed by atoms with E-state index in [1.54, 1.807) is 7.11 Å². The summed E-state index contributed by atoms with van der Waals surface area (Å²) in [6.07, 6.45) is 1.12.